The van der Waals surface area contributed by atoms with Gasteiger partial charge in [0.1, 0.15) is 0 Å². The fourth-order valence-electron chi connectivity index (χ4n) is 1.69. The number of hydrogen-bond donors (Lipinski definition) is 0. The monoisotopic (exact) mass is 222 g/mol. The van der Waals surface area contributed by atoms with Crippen LogP contribution in [0.2, 0.25) is 0 Å². The lowest BCUT2D eigenvalue weighted by molar-refractivity contribution is 1.51. The topological polar surface area (TPSA) is 0 Å². The molecule has 17 heavy (non-hydrogen) atoms. The first-order chi connectivity index (χ1) is 8.11. The van der Waals surface area contributed by atoms with Crippen LogP contribution in [0.4, 0.5) is 0 Å². The van der Waals surface area contributed by atoms with Crippen LogP contribution in [0.25, 0.3) is 11.1 Å². The molecule has 1 aromatic rings. The van der Waals surface area contributed by atoms with Crippen molar-refractivity contribution in [2.45, 2.75) is 6.92 Å². The molecule has 0 saturated carbocycles. The van der Waals surface area contributed by atoms with Gasteiger partial charge < -0.3 is 0 Å². The van der Waals surface area contributed by atoms with Crippen molar-refractivity contribution >= 4 is 11.1 Å². The SMILES string of the molecule is C=C/C=C(\C=C)C(=C)c1ccccc1C(=C)C. The first-order valence-electron chi connectivity index (χ1n) is 5.51. The van der Waals surface area contributed by atoms with Gasteiger partial charge in [-0.3, -0.25) is 0 Å². The molecule has 0 saturated heterocycles. The summed E-state index contributed by atoms with van der Waals surface area (Å²) in [6.45, 7) is 17.6. The Morgan fingerprint density at radius 2 is 1.65 bits per heavy atom. The quantitative estimate of drug-likeness (QED) is 0.613. The van der Waals surface area contributed by atoms with Crippen molar-refractivity contribution in [1.29, 1.82) is 0 Å². The average molecular weight is 222 g/mol. The Bertz CT molecular complexity index is 499. The lowest BCUT2D eigenvalue weighted by Gasteiger charge is -2.12. The fourth-order valence-corrected chi connectivity index (χ4v) is 1.69. The second-order valence-corrected chi connectivity index (χ2v) is 3.87. The molecular weight excluding hydrogens is 204 g/mol. The maximum Gasteiger partial charge on any atom is -0.0109 e. The summed E-state index contributed by atoms with van der Waals surface area (Å²) in [6, 6.07) is 8.11. The number of benzene rings is 1. The first-order valence-corrected chi connectivity index (χ1v) is 5.51. The maximum absolute atomic E-state index is 4.13. The highest BCUT2D eigenvalue weighted by atomic mass is 14.1. The highest BCUT2D eigenvalue weighted by molar-refractivity contribution is 5.86. The van der Waals surface area contributed by atoms with Crippen LogP contribution in [0.5, 0.6) is 0 Å². The fraction of sp³-hybridized carbons (Fsp3) is 0.0588. The Kier molecular flexibility index (Phi) is 4.47. The van der Waals surface area contributed by atoms with Crippen LogP contribution in [0.3, 0.4) is 0 Å². The largest absolute Gasteiger partial charge is 0.0990 e. The van der Waals surface area contributed by atoms with Gasteiger partial charge in [-0.15, -0.1) is 0 Å². The minimum absolute atomic E-state index is 0.943. The van der Waals surface area contributed by atoms with E-state index >= 15 is 0 Å². The van der Waals surface area contributed by atoms with Crippen LogP contribution < -0.4 is 0 Å². The molecule has 0 heterocycles. The molecule has 0 unspecified atom stereocenters. The minimum atomic E-state index is 0.943. The van der Waals surface area contributed by atoms with Crippen LogP contribution in [-0.2, 0) is 0 Å². The molecule has 0 N–H and O–H groups in total. The van der Waals surface area contributed by atoms with E-state index < -0.39 is 0 Å². The van der Waals surface area contributed by atoms with Crippen molar-refractivity contribution in [2.24, 2.45) is 0 Å². The summed E-state index contributed by atoms with van der Waals surface area (Å²) in [7, 11) is 0. The van der Waals surface area contributed by atoms with E-state index in [0.717, 1.165) is 27.8 Å². The molecule has 0 spiro atoms. The predicted octanol–water partition coefficient (Wildman–Crippen LogP) is 5.03. The predicted molar refractivity (Wildman–Crippen MR) is 78.7 cm³/mol. The second kappa shape index (κ2) is 5.86. The third-order valence-electron chi connectivity index (χ3n) is 2.58. The number of allylic oxidation sites excluding steroid dienone is 6. The van der Waals surface area contributed by atoms with Crippen LogP contribution in [-0.4, -0.2) is 0 Å². The van der Waals surface area contributed by atoms with Gasteiger partial charge >= 0.3 is 0 Å². The Morgan fingerprint density at radius 1 is 1.06 bits per heavy atom. The molecule has 0 aromatic heterocycles. The van der Waals surface area contributed by atoms with Crippen LogP contribution >= 0.6 is 0 Å². The summed E-state index contributed by atoms with van der Waals surface area (Å²) < 4.78 is 0. The van der Waals surface area contributed by atoms with Gasteiger partial charge in [-0.25, -0.2) is 0 Å². The van der Waals surface area contributed by atoms with Crippen molar-refractivity contribution in [1.82, 2.24) is 0 Å². The van der Waals surface area contributed by atoms with E-state index in [1.165, 1.54) is 0 Å². The zero-order chi connectivity index (χ0) is 12.8. The average Bonchev–Trinajstić information content (AvgIpc) is 2.35. The molecule has 86 valence electrons. The Balaban J connectivity index is 3.29. The summed E-state index contributed by atoms with van der Waals surface area (Å²) in [4.78, 5) is 0. The van der Waals surface area contributed by atoms with Crippen molar-refractivity contribution in [3.8, 4) is 0 Å². The van der Waals surface area contributed by atoms with E-state index in [1.807, 2.05) is 31.2 Å². The molecule has 0 atom stereocenters. The van der Waals surface area contributed by atoms with Crippen molar-refractivity contribution in [3.05, 3.63) is 85.5 Å². The van der Waals surface area contributed by atoms with Crippen LogP contribution in [0, 0.1) is 0 Å². The number of rotatable bonds is 5. The van der Waals surface area contributed by atoms with Gasteiger partial charge in [-0.05, 0) is 29.2 Å². The minimum Gasteiger partial charge on any atom is -0.0990 e. The lowest BCUT2D eigenvalue weighted by atomic mass is 9.92. The van der Waals surface area contributed by atoms with Crippen LogP contribution in [0.15, 0.2) is 74.4 Å². The summed E-state index contributed by atoms with van der Waals surface area (Å²) in [5.74, 6) is 0. The van der Waals surface area contributed by atoms with Crippen LogP contribution in [0.1, 0.15) is 18.1 Å². The van der Waals surface area contributed by atoms with E-state index in [4.69, 9.17) is 0 Å². The summed E-state index contributed by atoms with van der Waals surface area (Å²) in [5.41, 5.74) is 5.17. The molecule has 0 nitrogen and oxygen atoms in total. The van der Waals surface area contributed by atoms with Gasteiger partial charge in [0.15, 0.2) is 0 Å². The lowest BCUT2D eigenvalue weighted by Crippen LogP contribution is -1.91. The Hall–Kier alpha value is -2.08. The summed E-state index contributed by atoms with van der Waals surface area (Å²) >= 11 is 0. The summed E-state index contributed by atoms with van der Waals surface area (Å²) in [5, 5.41) is 0. The second-order valence-electron chi connectivity index (χ2n) is 3.87. The molecule has 0 aliphatic carbocycles. The molecular formula is C17H18. The smallest absolute Gasteiger partial charge is 0.0109 e. The van der Waals surface area contributed by atoms with Gasteiger partial charge in [-0.1, -0.05) is 74.4 Å². The molecule has 0 radical (unpaired) electrons. The third-order valence-corrected chi connectivity index (χ3v) is 2.58. The Morgan fingerprint density at radius 3 is 2.12 bits per heavy atom. The van der Waals surface area contributed by atoms with Gasteiger partial charge in [0.25, 0.3) is 0 Å². The molecule has 0 amide bonds. The molecule has 1 rings (SSSR count). The van der Waals surface area contributed by atoms with E-state index in [9.17, 15) is 0 Å². The van der Waals surface area contributed by atoms with E-state index in [2.05, 4.69) is 32.4 Å². The van der Waals surface area contributed by atoms with Gasteiger partial charge in [0, 0.05) is 0 Å². The van der Waals surface area contributed by atoms with Gasteiger partial charge in [0.05, 0.1) is 0 Å². The molecule has 0 heteroatoms. The van der Waals surface area contributed by atoms with Gasteiger partial charge in [-0.2, -0.15) is 0 Å². The molecule has 1 aromatic carbocycles. The number of hydrogen-bond acceptors (Lipinski definition) is 0. The molecule has 0 aliphatic rings. The maximum atomic E-state index is 4.13. The highest BCUT2D eigenvalue weighted by Crippen LogP contribution is 2.28. The summed E-state index contributed by atoms with van der Waals surface area (Å²) in [6.07, 6.45) is 5.44. The van der Waals surface area contributed by atoms with Crippen molar-refractivity contribution in [2.75, 3.05) is 0 Å². The zero-order valence-electron chi connectivity index (χ0n) is 10.4. The van der Waals surface area contributed by atoms with Gasteiger partial charge in [0.2, 0.25) is 0 Å². The van der Waals surface area contributed by atoms with E-state index in [1.54, 1.807) is 12.2 Å². The molecule has 0 aliphatic heterocycles. The third kappa shape index (κ3) is 2.94. The van der Waals surface area contributed by atoms with Crippen molar-refractivity contribution in [3.63, 3.8) is 0 Å². The molecule has 0 bridgehead atoms. The van der Waals surface area contributed by atoms with E-state index in [-0.39, 0.29) is 0 Å². The zero-order valence-corrected chi connectivity index (χ0v) is 10.4. The van der Waals surface area contributed by atoms with Crippen molar-refractivity contribution < 1.29 is 0 Å². The standard InChI is InChI=1S/C17H18/c1-6-10-15(7-2)14(5)17-12-9-8-11-16(17)13(3)4/h6-12H,1-3,5H2,4H3/b15-10+. The first kappa shape index (κ1) is 13.0. The molecule has 0 fully saturated rings. The van der Waals surface area contributed by atoms with E-state index in [0.29, 0.717) is 0 Å². The Labute approximate surface area is 104 Å². The highest BCUT2D eigenvalue weighted by Gasteiger charge is 2.07. The normalized spacial score (nSPS) is 10.8.